The van der Waals surface area contributed by atoms with Crippen LogP contribution in [0, 0.1) is 5.82 Å². The Balaban J connectivity index is 1.47. The standard InChI is InChI=1S/C33H43FN2O2/c1-3-5-7-9-10-12-13-15-26-17-19-28(20-18-26)33(37)38-29-21-22-30(31(34)23-29)32-35-24-27(25-36-32)16-14-11-8-6-4-2/h17-25H,3-16H2,1-2H3. The average Bonchev–Trinajstić information content (AvgIpc) is 2.93. The van der Waals surface area contributed by atoms with Crippen LogP contribution in [0.4, 0.5) is 4.39 Å². The van der Waals surface area contributed by atoms with Gasteiger partial charge in [-0.3, -0.25) is 0 Å². The summed E-state index contributed by atoms with van der Waals surface area (Å²) in [7, 11) is 0. The molecule has 0 spiro atoms. The molecule has 3 aromatic rings. The highest BCUT2D eigenvalue weighted by Gasteiger charge is 2.13. The van der Waals surface area contributed by atoms with Gasteiger partial charge in [0.15, 0.2) is 5.82 Å². The third kappa shape index (κ3) is 10.00. The zero-order chi connectivity index (χ0) is 27.0. The molecule has 38 heavy (non-hydrogen) atoms. The van der Waals surface area contributed by atoms with Crippen LogP contribution in [0.15, 0.2) is 54.9 Å². The summed E-state index contributed by atoms with van der Waals surface area (Å²) in [5, 5.41) is 0. The zero-order valence-electron chi connectivity index (χ0n) is 23.2. The summed E-state index contributed by atoms with van der Waals surface area (Å²) in [5.41, 5.74) is 3.01. The number of aryl methyl sites for hydroxylation is 2. The largest absolute Gasteiger partial charge is 0.423 e. The fourth-order valence-electron chi connectivity index (χ4n) is 4.56. The third-order valence-electron chi connectivity index (χ3n) is 6.92. The molecule has 204 valence electrons. The predicted molar refractivity (Wildman–Crippen MR) is 153 cm³/mol. The molecule has 0 bridgehead atoms. The molecule has 0 saturated carbocycles. The molecular formula is C33H43FN2O2. The minimum Gasteiger partial charge on any atom is -0.423 e. The van der Waals surface area contributed by atoms with Crippen LogP contribution < -0.4 is 4.74 Å². The maximum absolute atomic E-state index is 14.8. The van der Waals surface area contributed by atoms with Gasteiger partial charge in [0.05, 0.1) is 11.1 Å². The Morgan fingerprint density at radius 1 is 0.711 bits per heavy atom. The second-order valence-electron chi connectivity index (χ2n) is 10.2. The maximum Gasteiger partial charge on any atom is 0.343 e. The van der Waals surface area contributed by atoms with E-state index in [9.17, 15) is 9.18 Å². The summed E-state index contributed by atoms with van der Waals surface area (Å²) in [5.74, 6) is -0.537. The number of carbonyl (C=O) groups is 1. The lowest BCUT2D eigenvalue weighted by Gasteiger charge is -2.08. The number of halogens is 1. The van der Waals surface area contributed by atoms with Crippen molar-refractivity contribution in [2.75, 3.05) is 0 Å². The van der Waals surface area contributed by atoms with Crippen LogP contribution in [0.1, 0.15) is 112 Å². The molecule has 0 fully saturated rings. The molecule has 0 aliphatic carbocycles. The van der Waals surface area contributed by atoms with E-state index in [0.29, 0.717) is 11.4 Å². The Morgan fingerprint density at radius 3 is 1.84 bits per heavy atom. The number of aromatic nitrogens is 2. The second-order valence-corrected chi connectivity index (χ2v) is 10.2. The number of unbranched alkanes of at least 4 members (excludes halogenated alkanes) is 10. The van der Waals surface area contributed by atoms with Gasteiger partial charge in [-0.25, -0.2) is 19.2 Å². The molecule has 0 amide bonds. The minimum absolute atomic E-state index is 0.159. The van der Waals surface area contributed by atoms with Gasteiger partial charge in [0.1, 0.15) is 11.6 Å². The molecule has 0 saturated heterocycles. The Bertz CT molecular complexity index is 1100. The SMILES string of the molecule is CCCCCCCCCc1ccc(C(=O)Oc2ccc(-c3ncc(CCCCCCC)cn3)c(F)c2)cc1. The first-order chi connectivity index (χ1) is 18.6. The van der Waals surface area contributed by atoms with Gasteiger partial charge in [-0.05, 0) is 61.1 Å². The fourth-order valence-corrected chi connectivity index (χ4v) is 4.56. The molecule has 0 aliphatic heterocycles. The van der Waals surface area contributed by atoms with Gasteiger partial charge in [0.25, 0.3) is 0 Å². The highest BCUT2D eigenvalue weighted by atomic mass is 19.1. The molecule has 0 aliphatic rings. The van der Waals surface area contributed by atoms with Crippen LogP contribution in [0.5, 0.6) is 5.75 Å². The molecule has 5 heteroatoms. The summed E-state index contributed by atoms with van der Waals surface area (Å²) >= 11 is 0. The molecule has 4 nitrogen and oxygen atoms in total. The van der Waals surface area contributed by atoms with Gasteiger partial charge in [-0.1, -0.05) is 90.2 Å². The molecule has 1 aromatic heterocycles. The van der Waals surface area contributed by atoms with Gasteiger partial charge >= 0.3 is 5.97 Å². The quantitative estimate of drug-likeness (QED) is 0.101. The van der Waals surface area contributed by atoms with Crippen molar-refractivity contribution in [2.45, 2.75) is 104 Å². The van der Waals surface area contributed by atoms with E-state index in [1.807, 2.05) is 12.1 Å². The molecule has 1 heterocycles. The number of nitrogens with zero attached hydrogens (tertiary/aromatic N) is 2. The van der Waals surface area contributed by atoms with Crippen molar-refractivity contribution in [3.05, 3.63) is 77.4 Å². The number of carbonyl (C=O) groups excluding carboxylic acids is 1. The number of hydrogen-bond donors (Lipinski definition) is 0. The number of esters is 1. The molecule has 0 radical (unpaired) electrons. The summed E-state index contributed by atoms with van der Waals surface area (Å²) in [6, 6.07) is 11.9. The van der Waals surface area contributed by atoms with Crippen molar-refractivity contribution in [1.29, 1.82) is 0 Å². The van der Waals surface area contributed by atoms with Crippen LogP contribution in [-0.4, -0.2) is 15.9 Å². The molecule has 0 N–H and O–H groups in total. The van der Waals surface area contributed by atoms with E-state index in [0.717, 1.165) is 31.2 Å². The first-order valence-corrected chi connectivity index (χ1v) is 14.5. The topological polar surface area (TPSA) is 52.1 Å². The number of rotatable bonds is 17. The Kier molecular flexibility index (Phi) is 13.0. The average molecular weight is 519 g/mol. The summed E-state index contributed by atoms with van der Waals surface area (Å²) in [6.45, 7) is 4.44. The van der Waals surface area contributed by atoms with E-state index in [4.69, 9.17) is 4.74 Å². The van der Waals surface area contributed by atoms with Crippen molar-refractivity contribution < 1.29 is 13.9 Å². The van der Waals surface area contributed by atoms with Gasteiger partial charge in [-0.15, -0.1) is 0 Å². The Labute approximate surface area is 228 Å². The highest BCUT2D eigenvalue weighted by molar-refractivity contribution is 5.91. The first-order valence-electron chi connectivity index (χ1n) is 14.5. The number of ether oxygens (including phenoxy) is 1. The van der Waals surface area contributed by atoms with Crippen LogP contribution in [0.2, 0.25) is 0 Å². The summed E-state index contributed by atoms with van der Waals surface area (Å²) < 4.78 is 20.3. The van der Waals surface area contributed by atoms with Crippen molar-refractivity contribution in [1.82, 2.24) is 9.97 Å². The lowest BCUT2D eigenvalue weighted by Crippen LogP contribution is -2.09. The van der Waals surface area contributed by atoms with Crippen molar-refractivity contribution in [2.24, 2.45) is 0 Å². The van der Waals surface area contributed by atoms with E-state index in [1.165, 1.54) is 75.8 Å². The Hall–Kier alpha value is -3.08. The maximum atomic E-state index is 14.8. The van der Waals surface area contributed by atoms with Gasteiger partial charge in [0.2, 0.25) is 0 Å². The molecule has 0 atom stereocenters. The van der Waals surface area contributed by atoms with Gasteiger partial charge in [0, 0.05) is 18.5 Å². The zero-order valence-corrected chi connectivity index (χ0v) is 23.2. The Morgan fingerprint density at radius 2 is 1.26 bits per heavy atom. The van der Waals surface area contributed by atoms with Crippen molar-refractivity contribution >= 4 is 5.97 Å². The number of benzene rings is 2. The normalized spacial score (nSPS) is 11.0. The van der Waals surface area contributed by atoms with E-state index < -0.39 is 11.8 Å². The summed E-state index contributed by atoms with van der Waals surface area (Å²) in [6.07, 6.45) is 20.5. The first kappa shape index (κ1) is 29.5. The smallest absolute Gasteiger partial charge is 0.343 e. The van der Waals surface area contributed by atoms with Gasteiger partial charge < -0.3 is 4.74 Å². The number of hydrogen-bond acceptors (Lipinski definition) is 4. The highest BCUT2D eigenvalue weighted by Crippen LogP contribution is 2.24. The lowest BCUT2D eigenvalue weighted by molar-refractivity contribution is 0.0734. The van der Waals surface area contributed by atoms with Gasteiger partial charge in [-0.2, -0.15) is 0 Å². The molecule has 0 unspecified atom stereocenters. The summed E-state index contributed by atoms with van der Waals surface area (Å²) in [4.78, 5) is 21.3. The predicted octanol–water partition coefficient (Wildman–Crippen LogP) is 9.31. The van der Waals surface area contributed by atoms with Crippen molar-refractivity contribution in [3.63, 3.8) is 0 Å². The minimum atomic E-state index is -0.521. The lowest BCUT2D eigenvalue weighted by atomic mass is 10.0. The van der Waals surface area contributed by atoms with Crippen molar-refractivity contribution in [3.8, 4) is 17.1 Å². The van der Waals surface area contributed by atoms with E-state index in [-0.39, 0.29) is 11.3 Å². The van der Waals surface area contributed by atoms with E-state index >= 15 is 0 Å². The monoisotopic (exact) mass is 518 g/mol. The fraction of sp³-hybridized carbons (Fsp3) is 0.485. The van der Waals surface area contributed by atoms with E-state index in [2.05, 4.69) is 23.8 Å². The third-order valence-corrected chi connectivity index (χ3v) is 6.92. The van der Waals surface area contributed by atoms with Crippen LogP contribution in [-0.2, 0) is 12.8 Å². The molecular weight excluding hydrogens is 475 g/mol. The van der Waals surface area contributed by atoms with Crippen LogP contribution in [0.25, 0.3) is 11.4 Å². The van der Waals surface area contributed by atoms with E-state index in [1.54, 1.807) is 36.7 Å². The molecule has 2 aromatic carbocycles. The van der Waals surface area contributed by atoms with Crippen LogP contribution in [0.3, 0.4) is 0 Å². The second kappa shape index (κ2) is 16.7. The molecule has 3 rings (SSSR count). The van der Waals surface area contributed by atoms with Crippen LogP contribution >= 0.6 is 0 Å².